The van der Waals surface area contributed by atoms with E-state index in [1.165, 1.54) is 11.3 Å². The Hall–Kier alpha value is -2.93. The molecule has 7 heteroatoms. The Morgan fingerprint density at radius 1 is 1.19 bits per heavy atom. The van der Waals surface area contributed by atoms with Crippen LogP contribution in [0.15, 0.2) is 34.9 Å². The molecule has 0 aliphatic heterocycles. The van der Waals surface area contributed by atoms with Gasteiger partial charge in [0.15, 0.2) is 11.5 Å². The predicted octanol–water partition coefficient (Wildman–Crippen LogP) is 3.94. The highest BCUT2D eigenvalue weighted by atomic mass is 32.1. The molecule has 0 saturated heterocycles. The normalized spacial score (nSPS) is 13.2. The zero-order valence-corrected chi connectivity index (χ0v) is 15.7. The highest BCUT2D eigenvalue weighted by molar-refractivity contribution is 7.17. The van der Waals surface area contributed by atoms with E-state index in [2.05, 4.69) is 10.5 Å². The van der Waals surface area contributed by atoms with E-state index in [9.17, 15) is 9.59 Å². The smallest absolute Gasteiger partial charge is 0.278 e. The van der Waals surface area contributed by atoms with E-state index in [1.807, 2.05) is 31.2 Å². The summed E-state index contributed by atoms with van der Waals surface area (Å²) in [6.07, 6.45) is 3.85. The van der Waals surface area contributed by atoms with Crippen molar-refractivity contribution in [2.45, 2.75) is 32.6 Å². The van der Waals surface area contributed by atoms with Gasteiger partial charge in [-0.15, -0.1) is 11.3 Å². The first-order valence-corrected chi connectivity index (χ1v) is 9.64. The molecule has 0 bridgehead atoms. The maximum atomic E-state index is 12.6. The number of hydrogen-bond acceptors (Lipinski definition) is 5. The van der Waals surface area contributed by atoms with Crippen LogP contribution in [0.4, 0.5) is 5.00 Å². The van der Waals surface area contributed by atoms with E-state index in [1.54, 1.807) is 6.07 Å². The molecule has 1 aliphatic rings. The third-order valence-corrected chi connectivity index (χ3v) is 5.93. The molecule has 3 aromatic rings. The van der Waals surface area contributed by atoms with E-state index in [4.69, 9.17) is 10.3 Å². The summed E-state index contributed by atoms with van der Waals surface area (Å²) in [5.41, 5.74) is 9.13. The Morgan fingerprint density at radius 3 is 2.67 bits per heavy atom. The number of fused-ring (bicyclic) bond motifs is 1. The number of aromatic nitrogens is 1. The van der Waals surface area contributed by atoms with Crippen LogP contribution in [0, 0.1) is 6.92 Å². The molecule has 1 aromatic carbocycles. The van der Waals surface area contributed by atoms with Gasteiger partial charge in [-0.2, -0.15) is 0 Å². The van der Waals surface area contributed by atoms with Crippen molar-refractivity contribution < 1.29 is 14.1 Å². The fraction of sp³-hybridized carbons (Fsp3) is 0.250. The summed E-state index contributed by atoms with van der Waals surface area (Å²) in [6, 6.07) is 9.35. The number of amides is 2. The van der Waals surface area contributed by atoms with Crippen molar-refractivity contribution in [3.05, 3.63) is 57.6 Å². The predicted molar refractivity (Wildman–Crippen MR) is 104 cm³/mol. The molecule has 0 unspecified atom stereocenters. The van der Waals surface area contributed by atoms with E-state index in [-0.39, 0.29) is 5.69 Å². The standard InChI is InChI=1S/C20H19N3O3S/c1-11-6-8-12(9-7-11)15-10-14(23-26-15)19(25)22-20-17(18(21)24)13-4-2-3-5-16(13)27-20/h6-10H,2-5H2,1H3,(H2,21,24)(H,22,25). The molecule has 0 radical (unpaired) electrons. The summed E-state index contributed by atoms with van der Waals surface area (Å²) < 4.78 is 5.31. The van der Waals surface area contributed by atoms with Crippen LogP contribution in [-0.2, 0) is 12.8 Å². The van der Waals surface area contributed by atoms with Gasteiger partial charge in [-0.3, -0.25) is 9.59 Å². The number of hydrogen-bond donors (Lipinski definition) is 2. The number of nitrogens with zero attached hydrogens (tertiary/aromatic N) is 1. The quantitative estimate of drug-likeness (QED) is 0.715. The van der Waals surface area contributed by atoms with Crippen molar-refractivity contribution in [1.82, 2.24) is 5.16 Å². The lowest BCUT2D eigenvalue weighted by Crippen LogP contribution is -2.18. The minimum atomic E-state index is -0.509. The second-order valence-electron chi connectivity index (χ2n) is 6.68. The lowest BCUT2D eigenvalue weighted by molar-refractivity contribution is 0.100. The van der Waals surface area contributed by atoms with Gasteiger partial charge in [-0.05, 0) is 38.2 Å². The fourth-order valence-electron chi connectivity index (χ4n) is 3.32. The maximum Gasteiger partial charge on any atom is 0.278 e. The first-order valence-electron chi connectivity index (χ1n) is 8.82. The van der Waals surface area contributed by atoms with Crippen molar-refractivity contribution in [2.24, 2.45) is 5.73 Å². The molecule has 0 spiro atoms. The second kappa shape index (κ2) is 7.00. The largest absolute Gasteiger partial charge is 0.365 e. The first kappa shape index (κ1) is 17.5. The molecular weight excluding hydrogens is 362 g/mol. The van der Waals surface area contributed by atoms with Gasteiger partial charge in [0.25, 0.3) is 11.8 Å². The number of anilines is 1. The number of carbonyl (C=O) groups excluding carboxylic acids is 2. The molecule has 2 amide bonds. The van der Waals surface area contributed by atoms with E-state index in [0.717, 1.165) is 47.3 Å². The van der Waals surface area contributed by atoms with E-state index < -0.39 is 11.8 Å². The highest BCUT2D eigenvalue weighted by Crippen LogP contribution is 2.38. The lowest BCUT2D eigenvalue weighted by Gasteiger charge is -2.11. The Bertz CT molecular complexity index is 1020. The molecule has 1 aliphatic carbocycles. The number of nitrogens with one attached hydrogen (secondary N) is 1. The highest BCUT2D eigenvalue weighted by Gasteiger charge is 2.26. The monoisotopic (exact) mass is 381 g/mol. The Balaban J connectivity index is 1.59. The summed E-state index contributed by atoms with van der Waals surface area (Å²) in [6.45, 7) is 2.00. The van der Waals surface area contributed by atoms with Gasteiger partial charge < -0.3 is 15.6 Å². The van der Waals surface area contributed by atoms with Crippen LogP contribution in [0.25, 0.3) is 11.3 Å². The zero-order valence-electron chi connectivity index (χ0n) is 14.9. The zero-order chi connectivity index (χ0) is 19.0. The first-order chi connectivity index (χ1) is 13.0. The van der Waals surface area contributed by atoms with Gasteiger partial charge in [0.1, 0.15) is 5.00 Å². The van der Waals surface area contributed by atoms with Crippen LogP contribution in [0.1, 0.15) is 49.7 Å². The molecule has 27 heavy (non-hydrogen) atoms. The molecule has 2 heterocycles. The van der Waals surface area contributed by atoms with Gasteiger partial charge in [-0.1, -0.05) is 35.0 Å². The molecule has 2 aromatic heterocycles. The number of benzene rings is 1. The number of thiophene rings is 1. The van der Waals surface area contributed by atoms with Gasteiger partial charge in [-0.25, -0.2) is 0 Å². The topological polar surface area (TPSA) is 98.2 Å². The van der Waals surface area contributed by atoms with Crippen molar-refractivity contribution in [3.8, 4) is 11.3 Å². The molecule has 138 valence electrons. The summed E-state index contributed by atoms with van der Waals surface area (Å²) in [5.74, 6) is -0.413. The Labute approximate surface area is 160 Å². The molecule has 4 rings (SSSR count). The molecule has 0 saturated carbocycles. The van der Waals surface area contributed by atoms with Crippen LogP contribution < -0.4 is 11.1 Å². The average Bonchev–Trinajstić information content (AvgIpc) is 3.26. The van der Waals surface area contributed by atoms with Crippen LogP contribution in [0.3, 0.4) is 0 Å². The van der Waals surface area contributed by atoms with Crippen LogP contribution in [0.5, 0.6) is 0 Å². The molecule has 0 fully saturated rings. The van der Waals surface area contributed by atoms with Gasteiger partial charge >= 0.3 is 0 Å². The van der Waals surface area contributed by atoms with E-state index in [0.29, 0.717) is 16.3 Å². The van der Waals surface area contributed by atoms with Crippen LogP contribution >= 0.6 is 11.3 Å². The molecule has 0 atom stereocenters. The van der Waals surface area contributed by atoms with Crippen LogP contribution in [-0.4, -0.2) is 17.0 Å². The SMILES string of the molecule is Cc1ccc(-c2cc(C(=O)Nc3sc4c(c3C(N)=O)CCCC4)no2)cc1. The van der Waals surface area contributed by atoms with Crippen molar-refractivity contribution in [3.63, 3.8) is 0 Å². The Morgan fingerprint density at radius 2 is 1.93 bits per heavy atom. The summed E-state index contributed by atoms with van der Waals surface area (Å²) in [7, 11) is 0. The van der Waals surface area contributed by atoms with Crippen molar-refractivity contribution in [2.75, 3.05) is 5.32 Å². The minimum absolute atomic E-state index is 0.160. The van der Waals surface area contributed by atoms with E-state index >= 15 is 0 Å². The third-order valence-electron chi connectivity index (χ3n) is 4.72. The number of primary amides is 1. The van der Waals surface area contributed by atoms with Crippen molar-refractivity contribution >= 4 is 28.2 Å². The fourth-order valence-corrected chi connectivity index (χ4v) is 4.61. The number of nitrogens with two attached hydrogens (primary N) is 1. The Kier molecular flexibility index (Phi) is 4.53. The second-order valence-corrected chi connectivity index (χ2v) is 7.78. The maximum absolute atomic E-state index is 12.6. The van der Waals surface area contributed by atoms with Gasteiger partial charge in [0.05, 0.1) is 5.56 Å². The third kappa shape index (κ3) is 3.38. The number of aryl methyl sites for hydroxylation is 2. The summed E-state index contributed by atoms with van der Waals surface area (Å²) >= 11 is 1.43. The number of carbonyl (C=O) groups is 2. The number of rotatable bonds is 4. The van der Waals surface area contributed by atoms with Gasteiger partial charge in [0, 0.05) is 16.5 Å². The molecular formula is C20H19N3O3S. The molecule has 3 N–H and O–H groups in total. The van der Waals surface area contributed by atoms with Crippen molar-refractivity contribution in [1.29, 1.82) is 0 Å². The van der Waals surface area contributed by atoms with Crippen LogP contribution in [0.2, 0.25) is 0 Å². The minimum Gasteiger partial charge on any atom is -0.365 e. The summed E-state index contributed by atoms with van der Waals surface area (Å²) in [4.78, 5) is 25.7. The van der Waals surface area contributed by atoms with Gasteiger partial charge in [0.2, 0.25) is 0 Å². The molecule has 6 nitrogen and oxygen atoms in total. The lowest BCUT2D eigenvalue weighted by atomic mass is 9.95. The summed E-state index contributed by atoms with van der Waals surface area (Å²) in [5, 5.41) is 7.16. The average molecular weight is 381 g/mol.